The average Bonchev–Trinajstić information content (AvgIpc) is 2.99. The van der Waals surface area contributed by atoms with Gasteiger partial charge < -0.3 is 14.5 Å². The maximum absolute atomic E-state index is 12.9. The molecular formula is C18H31N3O2S. The molecule has 1 fully saturated rings. The molecule has 5 nitrogen and oxygen atoms in total. The van der Waals surface area contributed by atoms with E-state index in [0.29, 0.717) is 24.7 Å². The summed E-state index contributed by atoms with van der Waals surface area (Å²) in [6.07, 6.45) is 3.58. The molecule has 2 heterocycles. The highest BCUT2D eigenvalue weighted by Gasteiger charge is 2.33. The van der Waals surface area contributed by atoms with Crippen molar-refractivity contribution in [2.45, 2.75) is 58.8 Å². The fraction of sp³-hybridized carbons (Fsp3) is 0.778. The lowest BCUT2D eigenvalue weighted by Gasteiger charge is -2.39. The number of thiazole rings is 1. The highest BCUT2D eigenvalue weighted by molar-refractivity contribution is 7.09. The van der Waals surface area contributed by atoms with Gasteiger partial charge in [0, 0.05) is 25.0 Å². The highest BCUT2D eigenvalue weighted by atomic mass is 32.1. The quantitative estimate of drug-likeness (QED) is 0.755. The smallest absolute Gasteiger partial charge is 0.273 e. The molecular weight excluding hydrogens is 322 g/mol. The van der Waals surface area contributed by atoms with E-state index in [0.717, 1.165) is 30.8 Å². The lowest BCUT2D eigenvalue weighted by atomic mass is 10.0. The number of carbonyl (C=O) groups is 1. The van der Waals surface area contributed by atoms with Gasteiger partial charge in [0.15, 0.2) is 0 Å². The standard InChI is InChI=1S/C18H31N3O2S/c1-6-7-8-14-9-21(10-16(23-14)13(2)3)18(22)15-12-24-17(19-15)11-20(4)5/h12-14,16H,6-11H2,1-5H3/t14-,16-/m1/s1. The third kappa shape index (κ3) is 5.26. The number of carbonyl (C=O) groups excluding carboxylic acids is 1. The second kappa shape index (κ2) is 8.92. The van der Waals surface area contributed by atoms with Crippen LogP contribution in [0.4, 0.5) is 0 Å². The first-order valence-electron chi connectivity index (χ1n) is 8.94. The van der Waals surface area contributed by atoms with Gasteiger partial charge >= 0.3 is 0 Å². The van der Waals surface area contributed by atoms with Crippen molar-refractivity contribution in [2.24, 2.45) is 5.92 Å². The van der Waals surface area contributed by atoms with Crippen molar-refractivity contribution < 1.29 is 9.53 Å². The van der Waals surface area contributed by atoms with Crippen LogP contribution in [0.1, 0.15) is 55.5 Å². The molecule has 2 atom stereocenters. The molecule has 1 aromatic rings. The maximum atomic E-state index is 12.9. The molecule has 1 amide bonds. The minimum Gasteiger partial charge on any atom is -0.371 e. The van der Waals surface area contributed by atoms with Crippen molar-refractivity contribution in [3.63, 3.8) is 0 Å². The summed E-state index contributed by atoms with van der Waals surface area (Å²) in [5.41, 5.74) is 0.579. The number of hydrogen-bond donors (Lipinski definition) is 0. The molecule has 1 aromatic heterocycles. The minimum absolute atomic E-state index is 0.0479. The van der Waals surface area contributed by atoms with Gasteiger partial charge in [0.1, 0.15) is 10.7 Å². The number of unbranched alkanes of at least 4 members (excludes halogenated alkanes) is 1. The van der Waals surface area contributed by atoms with Gasteiger partial charge in [-0.3, -0.25) is 4.79 Å². The van der Waals surface area contributed by atoms with E-state index in [2.05, 4.69) is 30.7 Å². The van der Waals surface area contributed by atoms with Crippen molar-refractivity contribution in [2.75, 3.05) is 27.2 Å². The summed E-state index contributed by atoms with van der Waals surface area (Å²) < 4.78 is 6.21. The van der Waals surface area contributed by atoms with Crippen LogP contribution in [-0.4, -0.2) is 60.1 Å². The van der Waals surface area contributed by atoms with E-state index >= 15 is 0 Å². The van der Waals surface area contributed by atoms with Crippen molar-refractivity contribution in [1.29, 1.82) is 0 Å². The van der Waals surface area contributed by atoms with Crippen LogP contribution in [0.15, 0.2) is 5.38 Å². The topological polar surface area (TPSA) is 45.7 Å². The van der Waals surface area contributed by atoms with Gasteiger partial charge in [-0.2, -0.15) is 0 Å². The predicted molar refractivity (Wildman–Crippen MR) is 98.4 cm³/mol. The van der Waals surface area contributed by atoms with E-state index in [9.17, 15) is 4.79 Å². The summed E-state index contributed by atoms with van der Waals surface area (Å²) in [7, 11) is 4.02. The zero-order valence-electron chi connectivity index (χ0n) is 15.6. The Kier molecular flexibility index (Phi) is 7.19. The van der Waals surface area contributed by atoms with Gasteiger partial charge in [-0.15, -0.1) is 11.3 Å². The molecule has 1 saturated heterocycles. The third-order valence-electron chi connectivity index (χ3n) is 4.32. The zero-order chi connectivity index (χ0) is 17.7. The Morgan fingerprint density at radius 3 is 2.83 bits per heavy atom. The summed E-state index contributed by atoms with van der Waals surface area (Å²) in [6.45, 7) is 8.63. The average molecular weight is 354 g/mol. The van der Waals surface area contributed by atoms with Crippen molar-refractivity contribution in [1.82, 2.24) is 14.8 Å². The number of morpholine rings is 1. The molecule has 0 saturated carbocycles. The van der Waals surface area contributed by atoms with E-state index in [4.69, 9.17) is 4.74 Å². The molecule has 24 heavy (non-hydrogen) atoms. The molecule has 0 aromatic carbocycles. The van der Waals surface area contributed by atoms with E-state index in [1.165, 1.54) is 0 Å². The van der Waals surface area contributed by atoms with Gasteiger partial charge in [0.2, 0.25) is 0 Å². The van der Waals surface area contributed by atoms with Crippen LogP contribution in [0.25, 0.3) is 0 Å². The van der Waals surface area contributed by atoms with Gasteiger partial charge in [-0.1, -0.05) is 33.6 Å². The second-order valence-corrected chi connectivity index (χ2v) is 8.20. The number of aromatic nitrogens is 1. The molecule has 0 bridgehead atoms. The first-order chi connectivity index (χ1) is 11.4. The van der Waals surface area contributed by atoms with Crippen LogP contribution in [-0.2, 0) is 11.3 Å². The van der Waals surface area contributed by atoms with Gasteiger partial charge in [-0.05, 0) is 26.4 Å². The van der Waals surface area contributed by atoms with E-state index in [-0.39, 0.29) is 18.1 Å². The van der Waals surface area contributed by atoms with Crippen molar-refractivity contribution in [3.8, 4) is 0 Å². The Morgan fingerprint density at radius 1 is 1.46 bits per heavy atom. The molecule has 0 aliphatic carbocycles. The SMILES string of the molecule is CCCC[C@@H]1CN(C(=O)c2csc(CN(C)C)n2)C[C@H](C(C)C)O1. The Bertz CT molecular complexity index is 530. The Hall–Kier alpha value is -0.980. The fourth-order valence-corrected chi connectivity index (χ4v) is 3.79. The molecule has 1 aliphatic heterocycles. The first kappa shape index (κ1) is 19.3. The van der Waals surface area contributed by atoms with Crippen molar-refractivity contribution >= 4 is 17.2 Å². The van der Waals surface area contributed by atoms with Crippen LogP contribution < -0.4 is 0 Å². The van der Waals surface area contributed by atoms with Crippen LogP contribution in [0, 0.1) is 5.92 Å². The number of amides is 1. The first-order valence-corrected chi connectivity index (χ1v) is 9.82. The van der Waals surface area contributed by atoms with Crippen LogP contribution >= 0.6 is 11.3 Å². The maximum Gasteiger partial charge on any atom is 0.273 e. The lowest BCUT2D eigenvalue weighted by Crippen LogP contribution is -2.51. The summed E-state index contributed by atoms with van der Waals surface area (Å²) in [5.74, 6) is 0.455. The summed E-state index contributed by atoms with van der Waals surface area (Å²) >= 11 is 1.56. The Labute approximate surface area is 150 Å². The van der Waals surface area contributed by atoms with Crippen LogP contribution in [0.5, 0.6) is 0 Å². The van der Waals surface area contributed by atoms with E-state index in [1.807, 2.05) is 24.4 Å². The summed E-state index contributed by atoms with van der Waals surface area (Å²) in [4.78, 5) is 21.4. The predicted octanol–water partition coefficient (Wildman–Crippen LogP) is 3.26. The van der Waals surface area contributed by atoms with Crippen LogP contribution in [0.3, 0.4) is 0 Å². The summed E-state index contributed by atoms with van der Waals surface area (Å²) in [5, 5.41) is 2.88. The molecule has 0 radical (unpaired) electrons. The number of nitrogens with zero attached hydrogens (tertiary/aromatic N) is 3. The molecule has 0 spiro atoms. The van der Waals surface area contributed by atoms with Gasteiger partial charge in [0.25, 0.3) is 5.91 Å². The molecule has 136 valence electrons. The number of rotatable bonds is 7. The normalized spacial score (nSPS) is 21.7. The van der Waals surface area contributed by atoms with Gasteiger partial charge in [0.05, 0.1) is 12.2 Å². The second-order valence-electron chi connectivity index (χ2n) is 7.26. The number of ether oxygens (including phenoxy) is 1. The van der Waals surface area contributed by atoms with Crippen LogP contribution in [0.2, 0.25) is 0 Å². The highest BCUT2D eigenvalue weighted by Crippen LogP contribution is 2.23. The zero-order valence-corrected chi connectivity index (χ0v) is 16.4. The largest absolute Gasteiger partial charge is 0.371 e. The molecule has 1 aliphatic rings. The minimum atomic E-state index is 0.0479. The van der Waals surface area contributed by atoms with E-state index in [1.54, 1.807) is 11.3 Å². The number of hydrogen-bond acceptors (Lipinski definition) is 5. The third-order valence-corrected chi connectivity index (χ3v) is 5.16. The van der Waals surface area contributed by atoms with Gasteiger partial charge in [-0.25, -0.2) is 4.98 Å². The Balaban J connectivity index is 2.06. The summed E-state index contributed by atoms with van der Waals surface area (Å²) in [6, 6.07) is 0. The molecule has 6 heteroatoms. The van der Waals surface area contributed by atoms with Crippen molar-refractivity contribution in [3.05, 3.63) is 16.1 Å². The lowest BCUT2D eigenvalue weighted by molar-refractivity contribution is -0.0963. The molecule has 2 rings (SSSR count). The molecule has 0 N–H and O–H groups in total. The van der Waals surface area contributed by atoms with E-state index < -0.39 is 0 Å². The fourth-order valence-electron chi connectivity index (χ4n) is 2.91. The monoisotopic (exact) mass is 353 g/mol. The molecule has 0 unspecified atom stereocenters. The Morgan fingerprint density at radius 2 is 2.21 bits per heavy atom.